The van der Waals surface area contributed by atoms with Crippen LogP contribution in [0.3, 0.4) is 0 Å². The van der Waals surface area contributed by atoms with Crippen LogP contribution in [0.15, 0.2) is 58.4 Å². The minimum Gasteiger partial charge on any atom is -0.494 e. The molecule has 0 atom stereocenters. The Morgan fingerprint density at radius 1 is 1.04 bits per heavy atom. The van der Waals surface area contributed by atoms with Crippen LogP contribution in [-0.2, 0) is 4.79 Å². The maximum atomic E-state index is 12.9. The van der Waals surface area contributed by atoms with Crippen molar-refractivity contribution in [2.45, 2.75) is 33.6 Å². The van der Waals surface area contributed by atoms with E-state index in [4.69, 9.17) is 9.73 Å². The van der Waals surface area contributed by atoms with Gasteiger partial charge in [-0.2, -0.15) is 0 Å². The van der Waals surface area contributed by atoms with Gasteiger partial charge in [0.2, 0.25) is 0 Å². The molecular weight excluding hydrogens is 368 g/mol. The summed E-state index contributed by atoms with van der Waals surface area (Å²) in [5.41, 5.74) is 3.03. The molecule has 0 radical (unpaired) electrons. The van der Waals surface area contributed by atoms with Crippen LogP contribution in [0.4, 0.5) is 5.69 Å². The molecule has 0 aromatic heterocycles. The normalized spacial score (nSPS) is 17.0. The summed E-state index contributed by atoms with van der Waals surface area (Å²) in [7, 11) is 0. The second kappa shape index (κ2) is 9.60. The van der Waals surface area contributed by atoms with Crippen molar-refractivity contribution in [3.63, 3.8) is 0 Å². The van der Waals surface area contributed by atoms with Crippen molar-refractivity contribution < 1.29 is 9.53 Å². The highest BCUT2D eigenvalue weighted by atomic mass is 32.2. The van der Waals surface area contributed by atoms with Gasteiger partial charge in [-0.1, -0.05) is 43.7 Å². The second-order valence-corrected chi connectivity index (χ2v) is 7.72. The number of amidine groups is 1. The van der Waals surface area contributed by atoms with Crippen LogP contribution >= 0.6 is 11.8 Å². The van der Waals surface area contributed by atoms with Crippen LogP contribution in [0.2, 0.25) is 0 Å². The number of aliphatic imine (C=N–C) groups is 1. The summed E-state index contributed by atoms with van der Waals surface area (Å²) in [6, 6.07) is 15.9. The van der Waals surface area contributed by atoms with Gasteiger partial charge in [0.15, 0.2) is 5.17 Å². The van der Waals surface area contributed by atoms with E-state index in [1.165, 1.54) is 17.3 Å². The first kappa shape index (κ1) is 20.2. The van der Waals surface area contributed by atoms with Crippen molar-refractivity contribution >= 4 is 34.6 Å². The summed E-state index contributed by atoms with van der Waals surface area (Å²) in [5, 5.41) is 0.741. The van der Waals surface area contributed by atoms with Crippen LogP contribution in [0.25, 0.3) is 6.08 Å². The summed E-state index contributed by atoms with van der Waals surface area (Å²) in [4.78, 5) is 20.1. The number of nitrogens with zero attached hydrogens (tertiary/aromatic N) is 2. The molecule has 146 valence electrons. The molecule has 4 nitrogen and oxygen atoms in total. The van der Waals surface area contributed by atoms with E-state index in [9.17, 15) is 4.79 Å². The average Bonchev–Trinajstić information content (AvgIpc) is 2.98. The third-order valence-electron chi connectivity index (χ3n) is 4.24. The number of hydrogen-bond donors (Lipinski definition) is 0. The molecule has 1 heterocycles. The van der Waals surface area contributed by atoms with Crippen molar-refractivity contribution in [1.29, 1.82) is 0 Å². The van der Waals surface area contributed by atoms with Crippen molar-refractivity contribution in [2.24, 2.45) is 4.99 Å². The van der Waals surface area contributed by atoms with Gasteiger partial charge in [-0.05, 0) is 67.4 Å². The lowest BCUT2D eigenvalue weighted by Crippen LogP contribution is -2.29. The molecule has 0 spiro atoms. The summed E-state index contributed by atoms with van der Waals surface area (Å²) < 4.78 is 5.62. The number of ether oxygens (including phenoxy) is 1. The number of thioether (sulfide) groups is 1. The molecule has 1 fully saturated rings. The van der Waals surface area contributed by atoms with Crippen LogP contribution in [0.1, 0.15) is 37.8 Å². The van der Waals surface area contributed by atoms with Gasteiger partial charge < -0.3 is 4.74 Å². The SMILES string of the molecule is CCCOc1ccc(/C=C2/SC(=Nc3ccc(C)cc3)N(CCC)C2=O)cc1. The van der Waals surface area contributed by atoms with Gasteiger partial charge in [0.1, 0.15) is 5.75 Å². The van der Waals surface area contributed by atoms with Gasteiger partial charge in [-0.25, -0.2) is 4.99 Å². The highest BCUT2D eigenvalue weighted by Gasteiger charge is 2.32. The number of rotatable bonds is 7. The summed E-state index contributed by atoms with van der Waals surface area (Å²) in [6.07, 6.45) is 3.79. The fraction of sp³-hybridized carbons (Fsp3) is 0.304. The Morgan fingerprint density at radius 2 is 1.75 bits per heavy atom. The topological polar surface area (TPSA) is 41.9 Å². The summed E-state index contributed by atoms with van der Waals surface area (Å²) in [6.45, 7) is 7.57. The molecule has 0 N–H and O–H groups in total. The Morgan fingerprint density at radius 3 is 2.39 bits per heavy atom. The van der Waals surface area contributed by atoms with Crippen molar-refractivity contribution in [2.75, 3.05) is 13.2 Å². The molecular formula is C23H26N2O2S. The maximum Gasteiger partial charge on any atom is 0.266 e. The monoisotopic (exact) mass is 394 g/mol. The van der Waals surface area contributed by atoms with Crippen molar-refractivity contribution in [3.8, 4) is 5.75 Å². The lowest BCUT2D eigenvalue weighted by Gasteiger charge is -2.13. The minimum absolute atomic E-state index is 0.0176. The zero-order valence-electron chi connectivity index (χ0n) is 16.6. The number of amides is 1. The Balaban J connectivity index is 1.83. The van der Waals surface area contributed by atoms with Crippen LogP contribution in [0.5, 0.6) is 5.75 Å². The Labute approximate surface area is 171 Å². The lowest BCUT2D eigenvalue weighted by molar-refractivity contribution is -0.122. The van der Waals surface area contributed by atoms with Gasteiger partial charge in [0, 0.05) is 6.54 Å². The van der Waals surface area contributed by atoms with Crippen LogP contribution in [-0.4, -0.2) is 29.1 Å². The first-order valence-corrected chi connectivity index (χ1v) is 10.5. The highest BCUT2D eigenvalue weighted by Crippen LogP contribution is 2.34. The van der Waals surface area contributed by atoms with Gasteiger partial charge >= 0.3 is 0 Å². The largest absolute Gasteiger partial charge is 0.494 e. The quantitative estimate of drug-likeness (QED) is 0.558. The Bertz CT molecular complexity index is 870. The Hall–Kier alpha value is -2.53. The lowest BCUT2D eigenvalue weighted by atomic mass is 10.2. The fourth-order valence-electron chi connectivity index (χ4n) is 2.77. The van der Waals surface area contributed by atoms with E-state index >= 15 is 0 Å². The third kappa shape index (κ3) is 5.04. The first-order valence-electron chi connectivity index (χ1n) is 9.70. The van der Waals surface area contributed by atoms with E-state index in [2.05, 4.69) is 13.8 Å². The molecule has 0 unspecified atom stereocenters. The van der Waals surface area contributed by atoms with Gasteiger partial charge in [0.05, 0.1) is 17.2 Å². The molecule has 1 aliphatic heterocycles. The average molecular weight is 395 g/mol. The maximum absolute atomic E-state index is 12.9. The van der Waals surface area contributed by atoms with Crippen LogP contribution < -0.4 is 4.74 Å². The van der Waals surface area contributed by atoms with Crippen molar-refractivity contribution in [1.82, 2.24) is 4.90 Å². The number of benzene rings is 2. The van der Waals surface area contributed by atoms with Crippen molar-refractivity contribution in [3.05, 3.63) is 64.6 Å². The van der Waals surface area contributed by atoms with Crippen LogP contribution in [0, 0.1) is 6.92 Å². The molecule has 3 rings (SSSR count). The van der Waals surface area contributed by atoms with E-state index in [-0.39, 0.29) is 5.91 Å². The predicted molar refractivity (Wildman–Crippen MR) is 118 cm³/mol. The van der Waals surface area contributed by atoms with E-state index in [1.54, 1.807) is 4.90 Å². The molecule has 1 amide bonds. The first-order chi connectivity index (χ1) is 13.6. The smallest absolute Gasteiger partial charge is 0.266 e. The third-order valence-corrected chi connectivity index (χ3v) is 5.25. The molecule has 0 bridgehead atoms. The Kier molecular flexibility index (Phi) is 6.93. The van der Waals surface area contributed by atoms with E-state index < -0.39 is 0 Å². The fourth-order valence-corrected chi connectivity index (χ4v) is 3.80. The number of carbonyl (C=O) groups excluding carboxylic acids is 1. The number of aryl methyl sites for hydroxylation is 1. The molecule has 2 aromatic rings. The standard InChI is InChI=1S/C23H26N2O2S/c1-4-14-25-22(26)21(16-18-8-12-20(13-9-18)27-15-5-2)28-23(25)24-19-10-6-17(3)7-11-19/h6-13,16H,4-5,14-15H2,1-3H3/b21-16+,24-23?. The van der Waals surface area contributed by atoms with E-state index in [0.717, 1.165) is 35.0 Å². The van der Waals surface area contributed by atoms with E-state index in [1.807, 2.05) is 61.5 Å². The van der Waals surface area contributed by atoms with Gasteiger partial charge in [0.25, 0.3) is 5.91 Å². The molecule has 0 aliphatic carbocycles. The molecule has 1 aliphatic rings. The molecule has 2 aromatic carbocycles. The highest BCUT2D eigenvalue weighted by molar-refractivity contribution is 8.18. The van der Waals surface area contributed by atoms with E-state index in [0.29, 0.717) is 18.1 Å². The molecule has 28 heavy (non-hydrogen) atoms. The number of carbonyl (C=O) groups is 1. The van der Waals surface area contributed by atoms with Gasteiger partial charge in [-0.15, -0.1) is 0 Å². The predicted octanol–water partition coefficient (Wildman–Crippen LogP) is 5.80. The zero-order valence-corrected chi connectivity index (χ0v) is 17.5. The zero-order chi connectivity index (χ0) is 19.9. The number of hydrogen-bond acceptors (Lipinski definition) is 4. The molecule has 1 saturated heterocycles. The second-order valence-electron chi connectivity index (χ2n) is 6.71. The summed E-state index contributed by atoms with van der Waals surface area (Å²) >= 11 is 1.44. The van der Waals surface area contributed by atoms with Gasteiger partial charge in [-0.3, -0.25) is 9.69 Å². The molecule has 0 saturated carbocycles. The molecule has 5 heteroatoms. The summed E-state index contributed by atoms with van der Waals surface area (Å²) in [5.74, 6) is 0.868. The minimum atomic E-state index is 0.0176.